The van der Waals surface area contributed by atoms with Gasteiger partial charge in [0.2, 0.25) is 0 Å². The van der Waals surface area contributed by atoms with Gasteiger partial charge in [0.05, 0.1) is 5.71 Å². The fourth-order valence-corrected chi connectivity index (χ4v) is 2.34. The minimum absolute atomic E-state index is 0.239. The Balaban J connectivity index is 1.98. The molecular formula is C20H26N4O2. The second-order valence-corrected chi connectivity index (χ2v) is 6.27. The van der Waals surface area contributed by atoms with Crippen molar-refractivity contribution in [1.82, 2.24) is 15.8 Å². The van der Waals surface area contributed by atoms with E-state index in [1.165, 1.54) is 0 Å². The van der Waals surface area contributed by atoms with Crippen molar-refractivity contribution in [2.75, 3.05) is 14.1 Å². The van der Waals surface area contributed by atoms with E-state index in [0.29, 0.717) is 13.2 Å². The third-order valence-electron chi connectivity index (χ3n) is 3.81. The molecule has 0 saturated heterocycles. The standard InChI is InChI=1S/C20H26N4O2/c1-15-10-11-18(12-19(15)13-21-20(25)22-24(3)4)16(2)23-26-14-17-8-6-5-7-9-17/h5-12H,13-14H2,1-4H3,(H2,21,22,25)/b23-16+. The Bertz CT molecular complexity index is 758. The molecule has 2 rings (SSSR count). The van der Waals surface area contributed by atoms with Crippen molar-refractivity contribution in [2.24, 2.45) is 5.16 Å². The maximum Gasteiger partial charge on any atom is 0.329 e. The predicted octanol–water partition coefficient (Wildman–Crippen LogP) is 3.21. The zero-order valence-electron chi connectivity index (χ0n) is 15.7. The molecule has 2 N–H and O–H groups in total. The minimum Gasteiger partial charge on any atom is -0.391 e. The lowest BCUT2D eigenvalue weighted by atomic mass is 10.0. The van der Waals surface area contributed by atoms with Crippen LogP contribution in [0.2, 0.25) is 0 Å². The highest BCUT2D eigenvalue weighted by atomic mass is 16.6. The highest BCUT2D eigenvalue weighted by Crippen LogP contribution is 2.13. The van der Waals surface area contributed by atoms with E-state index in [0.717, 1.165) is 28.0 Å². The number of carbonyl (C=O) groups excluding carboxylic acids is 1. The normalized spacial score (nSPS) is 11.3. The highest BCUT2D eigenvalue weighted by molar-refractivity contribution is 5.98. The van der Waals surface area contributed by atoms with Crippen LogP contribution in [0.3, 0.4) is 0 Å². The van der Waals surface area contributed by atoms with Gasteiger partial charge in [0.25, 0.3) is 0 Å². The smallest absolute Gasteiger partial charge is 0.329 e. The third kappa shape index (κ3) is 6.22. The van der Waals surface area contributed by atoms with Gasteiger partial charge in [-0.2, -0.15) is 0 Å². The zero-order valence-corrected chi connectivity index (χ0v) is 15.7. The van der Waals surface area contributed by atoms with Crippen molar-refractivity contribution in [3.05, 3.63) is 70.8 Å². The van der Waals surface area contributed by atoms with E-state index in [1.54, 1.807) is 19.1 Å². The number of hydrogen-bond donors (Lipinski definition) is 2. The Morgan fingerprint density at radius 3 is 2.58 bits per heavy atom. The average molecular weight is 354 g/mol. The summed E-state index contributed by atoms with van der Waals surface area (Å²) in [5, 5.41) is 8.64. The molecule has 0 fully saturated rings. The molecule has 6 heteroatoms. The molecule has 0 atom stereocenters. The number of oxime groups is 1. The number of rotatable bonds is 7. The van der Waals surface area contributed by atoms with Crippen LogP contribution in [0, 0.1) is 6.92 Å². The highest BCUT2D eigenvalue weighted by Gasteiger charge is 2.06. The summed E-state index contributed by atoms with van der Waals surface area (Å²) in [6, 6.07) is 15.7. The Hall–Kier alpha value is -2.86. The summed E-state index contributed by atoms with van der Waals surface area (Å²) in [5.74, 6) is 0. The molecule has 0 aromatic heterocycles. The molecule has 26 heavy (non-hydrogen) atoms. The number of benzene rings is 2. The molecule has 0 saturated carbocycles. The number of urea groups is 1. The van der Waals surface area contributed by atoms with Gasteiger partial charge in [0.15, 0.2) is 0 Å². The predicted molar refractivity (Wildman–Crippen MR) is 104 cm³/mol. The van der Waals surface area contributed by atoms with Gasteiger partial charge in [0.1, 0.15) is 6.61 Å². The van der Waals surface area contributed by atoms with Crippen LogP contribution in [0.4, 0.5) is 4.79 Å². The fraction of sp³-hybridized carbons (Fsp3) is 0.300. The first-order valence-corrected chi connectivity index (χ1v) is 8.48. The number of hydrazine groups is 1. The Kier molecular flexibility index (Phi) is 7.17. The van der Waals surface area contributed by atoms with Crippen LogP contribution in [-0.4, -0.2) is 30.8 Å². The molecule has 0 spiro atoms. The first kappa shape index (κ1) is 19.5. The Morgan fingerprint density at radius 2 is 1.88 bits per heavy atom. The summed E-state index contributed by atoms with van der Waals surface area (Å²) in [6.07, 6.45) is 0. The number of nitrogens with zero attached hydrogens (tertiary/aromatic N) is 2. The van der Waals surface area contributed by atoms with E-state index in [9.17, 15) is 4.79 Å². The third-order valence-corrected chi connectivity index (χ3v) is 3.81. The van der Waals surface area contributed by atoms with E-state index >= 15 is 0 Å². The number of nitrogens with one attached hydrogen (secondary N) is 2. The molecule has 0 unspecified atom stereocenters. The van der Waals surface area contributed by atoms with Crippen molar-refractivity contribution < 1.29 is 9.63 Å². The van der Waals surface area contributed by atoms with Crippen molar-refractivity contribution in [3.63, 3.8) is 0 Å². The maximum atomic E-state index is 11.7. The number of amides is 2. The van der Waals surface area contributed by atoms with E-state index in [1.807, 2.05) is 62.4 Å². The second-order valence-electron chi connectivity index (χ2n) is 6.27. The summed E-state index contributed by atoms with van der Waals surface area (Å²) in [6.45, 7) is 4.80. The van der Waals surface area contributed by atoms with Gasteiger partial charge in [0, 0.05) is 20.6 Å². The van der Waals surface area contributed by atoms with E-state index in [4.69, 9.17) is 4.84 Å². The summed E-state index contributed by atoms with van der Waals surface area (Å²) >= 11 is 0. The van der Waals surface area contributed by atoms with Gasteiger partial charge in [-0.05, 0) is 42.2 Å². The molecule has 0 aliphatic heterocycles. The molecule has 138 valence electrons. The van der Waals surface area contributed by atoms with E-state index < -0.39 is 0 Å². The maximum absolute atomic E-state index is 11.7. The van der Waals surface area contributed by atoms with Crippen molar-refractivity contribution in [1.29, 1.82) is 0 Å². The van der Waals surface area contributed by atoms with E-state index in [2.05, 4.69) is 15.9 Å². The molecule has 0 radical (unpaired) electrons. The van der Waals surface area contributed by atoms with Crippen LogP contribution in [-0.2, 0) is 18.0 Å². The monoisotopic (exact) mass is 354 g/mol. The largest absolute Gasteiger partial charge is 0.391 e. The van der Waals surface area contributed by atoms with Crippen molar-refractivity contribution >= 4 is 11.7 Å². The summed E-state index contributed by atoms with van der Waals surface area (Å²) in [7, 11) is 3.53. The van der Waals surface area contributed by atoms with Crippen LogP contribution in [0.25, 0.3) is 0 Å². The minimum atomic E-state index is -0.239. The lowest BCUT2D eigenvalue weighted by Crippen LogP contribution is -2.43. The quantitative estimate of drug-likeness (QED) is 0.593. The average Bonchev–Trinajstić information content (AvgIpc) is 2.61. The van der Waals surface area contributed by atoms with E-state index in [-0.39, 0.29) is 6.03 Å². The Labute approximate surface area is 154 Å². The molecule has 0 aliphatic rings. The molecule has 2 aromatic rings. The number of carbonyl (C=O) groups is 1. The van der Waals surface area contributed by atoms with Gasteiger partial charge < -0.3 is 10.2 Å². The molecular weight excluding hydrogens is 328 g/mol. The zero-order chi connectivity index (χ0) is 18.9. The molecule has 0 aliphatic carbocycles. The summed E-state index contributed by atoms with van der Waals surface area (Å²) in [5.41, 5.74) is 7.63. The van der Waals surface area contributed by atoms with Crippen molar-refractivity contribution in [3.8, 4) is 0 Å². The van der Waals surface area contributed by atoms with Gasteiger partial charge in [-0.15, -0.1) is 0 Å². The van der Waals surface area contributed by atoms with Gasteiger partial charge >= 0.3 is 6.03 Å². The summed E-state index contributed by atoms with van der Waals surface area (Å²) < 4.78 is 0. The molecule has 6 nitrogen and oxygen atoms in total. The topological polar surface area (TPSA) is 66.0 Å². The number of hydrogen-bond acceptors (Lipinski definition) is 4. The van der Waals surface area contributed by atoms with Crippen LogP contribution in [0.15, 0.2) is 53.7 Å². The Morgan fingerprint density at radius 1 is 1.15 bits per heavy atom. The molecule has 0 bridgehead atoms. The summed E-state index contributed by atoms with van der Waals surface area (Å²) in [4.78, 5) is 17.2. The van der Waals surface area contributed by atoms with Crippen molar-refractivity contribution in [2.45, 2.75) is 27.0 Å². The van der Waals surface area contributed by atoms with Crippen LogP contribution < -0.4 is 10.7 Å². The van der Waals surface area contributed by atoms with Crippen LogP contribution in [0.5, 0.6) is 0 Å². The molecule has 2 aromatic carbocycles. The molecule has 2 amide bonds. The SMILES string of the molecule is C/C(=N\OCc1ccccc1)c1ccc(C)c(CNC(=O)NN(C)C)c1. The first-order valence-electron chi connectivity index (χ1n) is 8.48. The lowest BCUT2D eigenvalue weighted by Gasteiger charge is -2.14. The van der Waals surface area contributed by atoms with Crippen LogP contribution >= 0.6 is 0 Å². The lowest BCUT2D eigenvalue weighted by molar-refractivity contribution is 0.130. The fourth-order valence-electron chi connectivity index (χ4n) is 2.34. The first-order chi connectivity index (χ1) is 12.5. The number of aryl methyl sites for hydroxylation is 1. The van der Waals surface area contributed by atoms with Gasteiger partial charge in [-0.1, -0.05) is 47.6 Å². The second kappa shape index (κ2) is 9.58. The van der Waals surface area contributed by atoms with Gasteiger partial charge in [-0.25, -0.2) is 9.80 Å². The molecule has 0 heterocycles. The van der Waals surface area contributed by atoms with Gasteiger partial charge in [-0.3, -0.25) is 5.43 Å². The van der Waals surface area contributed by atoms with Crippen LogP contribution in [0.1, 0.15) is 29.2 Å².